The number of alkyl halides is 3. The monoisotopic (exact) mass is 463 g/mol. The van der Waals surface area contributed by atoms with Crippen molar-refractivity contribution in [2.24, 2.45) is 0 Å². The van der Waals surface area contributed by atoms with E-state index in [1.807, 2.05) is 0 Å². The molecule has 0 bridgehead atoms. The molecule has 1 aliphatic heterocycles. The maximum Gasteiger partial charge on any atom is 0.417 e. The van der Waals surface area contributed by atoms with Crippen molar-refractivity contribution in [2.45, 2.75) is 28.8 Å². The Labute approximate surface area is 170 Å². The number of halogens is 3. The molecule has 0 saturated carbocycles. The van der Waals surface area contributed by atoms with Crippen molar-refractivity contribution >= 4 is 26.0 Å². The van der Waals surface area contributed by atoms with Gasteiger partial charge in [0.1, 0.15) is 5.69 Å². The lowest BCUT2D eigenvalue weighted by Gasteiger charge is -2.15. The molecule has 1 aliphatic rings. The summed E-state index contributed by atoms with van der Waals surface area (Å²) in [6, 6.07) is 5.63. The van der Waals surface area contributed by atoms with Gasteiger partial charge in [-0.1, -0.05) is 0 Å². The normalized spacial score (nSPS) is 15.8. The second-order valence-corrected chi connectivity index (χ2v) is 10.1. The minimum atomic E-state index is -4.65. The van der Waals surface area contributed by atoms with Crippen molar-refractivity contribution in [3.8, 4) is 0 Å². The lowest BCUT2D eigenvalue weighted by Crippen LogP contribution is -2.31. The van der Waals surface area contributed by atoms with Crippen molar-refractivity contribution in [1.29, 1.82) is 0 Å². The zero-order valence-electron chi connectivity index (χ0n) is 15.3. The van der Waals surface area contributed by atoms with E-state index in [9.17, 15) is 34.8 Å². The van der Waals surface area contributed by atoms with E-state index in [-0.39, 0.29) is 9.79 Å². The van der Waals surface area contributed by atoms with Crippen LogP contribution in [-0.2, 0) is 26.2 Å². The number of benzene rings is 1. The Morgan fingerprint density at radius 3 is 2.00 bits per heavy atom. The highest BCUT2D eigenvalue weighted by atomic mass is 32.2. The number of nitrogens with zero attached hydrogens (tertiary/aromatic N) is 2. The van der Waals surface area contributed by atoms with Crippen LogP contribution in [0.1, 0.15) is 28.9 Å². The number of aromatic nitrogens is 1. The van der Waals surface area contributed by atoms with Gasteiger partial charge in [0.05, 0.1) is 15.4 Å². The Morgan fingerprint density at radius 2 is 1.50 bits per heavy atom. The third kappa shape index (κ3) is 4.63. The Morgan fingerprint density at radius 1 is 0.933 bits per heavy atom. The maximum atomic E-state index is 12.5. The van der Waals surface area contributed by atoms with Gasteiger partial charge in [-0.3, -0.25) is 9.78 Å². The topological polar surface area (TPSA) is 114 Å². The lowest BCUT2D eigenvalue weighted by molar-refractivity contribution is -0.137. The summed E-state index contributed by atoms with van der Waals surface area (Å²) >= 11 is 0. The zero-order valence-corrected chi connectivity index (χ0v) is 16.9. The predicted octanol–water partition coefficient (Wildman–Crippen LogP) is 2.00. The summed E-state index contributed by atoms with van der Waals surface area (Å²) in [7, 11) is -8.13. The van der Waals surface area contributed by atoms with Crippen LogP contribution in [0.5, 0.6) is 0 Å². The largest absolute Gasteiger partial charge is 0.417 e. The predicted molar refractivity (Wildman–Crippen MR) is 98.3 cm³/mol. The second kappa shape index (κ2) is 7.96. The second-order valence-electron chi connectivity index (χ2n) is 6.45. The van der Waals surface area contributed by atoms with E-state index in [0.717, 1.165) is 43.2 Å². The van der Waals surface area contributed by atoms with Crippen LogP contribution in [0.25, 0.3) is 0 Å². The Balaban J connectivity index is 1.76. The molecule has 1 amide bonds. The van der Waals surface area contributed by atoms with Crippen molar-refractivity contribution < 1.29 is 34.8 Å². The summed E-state index contributed by atoms with van der Waals surface area (Å²) in [5.74, 6) is -1.22. The molecule has 0 atom stereocenters. The highest BCUT2D eigenvalue weighted by molar-refractivity contribution is 7.90. The molecule has 13 heteroatoms. The third-order valence-corrected chi connectivity index (χ3v) is 7.65. The van der Waals surface area contributed by atoms with E-state index >= 15 is 0 Å². The molecule has 0 aliphatic carbocycles. The Kier molecular flexibility index (Phi) is 5.89. The SMILES string of the molecule is O=C(NS(=O)(=O)c1ccc(S(=O)(=O)N2CCCC2)cc1)c1ccc(C(F)(F)F)cn1. The molecule has 3 rings (SSSR count). The highest BCUT2D eigenvalue weighted by Crippen LogP contribution is 2.28. The zero-order chi connectivity index (χ0) is 22.2. The summed E-state index contributed by atoms with van der Waals surface area (Å²) in [6.07, 6.45) is -2.74. The number of pyridine rings is 1. The van der Waals surface area contributed by atoms with E-state index in [4.69, 9.17) is 0 Å². The highest BCUT2D eigenvalue weighted by Gasteiger charge is 2.31. The Bertz CT molecular complexity index is 1140. The number of hydrogen-bond donors (Lipinski definition) is 1. The molecule has 1 saturated heterocycles. The van der Waals surface area contributed by atoms with E-state index in [1.54, 1.807) is 4.72 Å². The Hall–Kier alpha value is -2.51. The number of nitrogens with one attached hydrogen (secondary N) is 1. The molecule has 2 aromatic rings. The van der Waals surface area contributed by atoms with Gasteiger partial charge in [-0.05, 0) is 49.2 Å². The van der Waals surface area contributed by atoms with Crippen LogP contribution >= 0.6 is 0 Å². The van der Waals surface area contributed by atoms with Crippen LogP contribution in [0, 0.1) is 0 Å². The smallest absolute Gasteiger partial charge is 0.266 e. The van der Waals surface area contributed by atoms with Gasteiger partial charge in [0.15, 0.2) is 0 Å². The van der Waals surface area contributed by atoms with Crippen molar-refractivity contribution in [2.75, 3.05) is 13.1 Å². The van der Waals surface area contributed by atoms with Crippen molar-refractivity contribution in [3.63, 3.8) is 0 Å². The first-order chi connectivity index (χ1) is 13.9. The molecule has 0 radical (unpaired) electrons. The van der Waals surface area contributed by atoms with E-state index in [0.29, 0.717) is 25.4 Å². The molecule has 30 heavy (non-hydrogen) atoms. The first kappa shape index (κ1) is 22.2. The van der Waals surface area contributed by atoms with Gasteiger partial charge in [-0.15, -0.1) is 0 Å². The fraction of sp³-hybridized carbons (Fsp3) is 0.294. The van der Waals surface area contributed by atoms with Gasteiger partial charge in [-0.25, -0.2) is 21.6 Å². The quantitative estimate of drug-likeness (QED) is 0.726. The van der Waals surface area contributed by atoms with Crippen LogP contribution in [0.3, 0.4) is 0 Å². The van der Waals surface area contributed by atoms with Gasteiger partial charge >= 0.3 is 6.18 Å². The standard InChI is InChI=1S/C17H16F3N3O5S2/c18-17(19,20)12-3-8-15(21-11-12)16(24)22-29(25,26)13-4-6-14(7-5-13)30(27,28)23-9-1-2-10-23/h3-8,11H,1-2,9-10H2,(H,22,24). The molecule has 1 aromatic heterocycles. The summed E-state index contributed by atoms with van der Waals surface area (Å²) in [6.45, 7) is 0.775. The first-order valence-electron chi connectivity index (χ1n) is 8.62. The van der Waals surface area contributed by atoms with E-state index < -0.39 is 43.4 Å². The van der Waals surface area contributed by atoms with Crippen LogP contribution in [0.2, 0.25) is 0 Å². The molecule has 1 aromatic carbocycles. The number of sulfonamides is 2. The van der Waals surface area contributed by atoms with Gasteiger partial charge in [-0.2, -0.15) is 17.5 Å². The summed E-state index contributed by atoms with van der Waals surface area (Å²) in [5, 5.41) is 0. The molecular formula is C17H16F3N3O5S2. The van der Waals surface area contributed by atoms with Crippen LogP contribution < -0.4 is 4.72 Å². The minimum Gasteiger partial charge on any atom is -0.266 e. The number of rotatable bonds is 5. The fourth-order valence-corrected chi connectivity index (χ4v) is 5.28. The molecule has 8 nitrogen and oxygen atoms in total. The average Bonchev–Trinajstić information content (AvgIpc) is 3.23. The third-order valence-electron chi connectivity index (χ3n) is 4.39. The first-order valence-corrected chi connectivity index (χ1v) is 11.5. The number of hydrogen-bond acceptors (Lipinski definition) is 6. The van der Waals surface area contributed by atoms with Crippen molar-refractivity contribution in [1.82, 2.24) is 14.0 Å². The molecule has 0 spiro atoms. The van der Waals surface area contributed by atoms with Crippen LogP contribution in [0.4, 0.5) is 13.2 Å². The van der Waals surface area contributed by atoms with Gasteiger partial charge in [0.25, 0.3) is 15.9 Å². The average molecular weight is 463 g/mol. The van der Waals surface area contributed by atoms with Gasteiger partial charge in [0.2, 0.25) is 10.0 Å². The van der Waals surface area contributed by atoms with Crippen molar-refractivity contribution in [3.05, 3.63) is 53.9 Å². The lowest BCUT2D eigenvalue weighted by atomic mass is 10.2. The minimum absolute atomic E-state index is 0.0842. The van der Waals surface area contributed by atoms with Gasteiger partial charge in [0, 0.05) is 19.3 Å². The van der Waals surface area contributed by atoms with Gasteiger partial charge < -0.3 is 0 Å². The van der Waals surface area contributed by atoms with Crippen LogP contribution in [-0.4, -0.2) is 45.1 Å². The fourth-order valence-electron chi connectivity index (χ4n) is 2.80. The molecule has 1 fully saturated rings. The van der Waals surface area contributed by atoms with E-state index in [1.165, 1.54) is 4.31 Å². The molecule has 1 N–H and O–H groups in total. The molecule has 2 heterocycles. The molecule has 162 valence electrons. The number of carbonyl (C=O) groups is 1. The summed E-state index contributed by atoms with van der Waals surface area (Å²) in [5.41, 5.74) is -1.61. The number of amides is 1. The number of carbonyl (C=O) groups excluding carboxylic acids is 1. The molecule has 0 unspecified atom stereocenters. The van der Waals surface area contributed by atoms with Crippen LogP contribution in [0.15, 0.2) is 52.4 Å². The summed E-state index contributed by atoms with van der Waals surface area (Å²) < 4.78 is 90.3. The maximum absolute atomic E-state index is 12.5. The summed E-state index contributed by atoms with van der Waals surface area (Å²) in [4.78, 5) is 14.9. The van der Waals surface area contributed by atoms with E-state index in [2.05, 4.69) is 4.98 Å². The molecular weight excluding hydrogens is 447 g/mol.